The quantitative estimate of drug-likeness (QED) is 0.421. The first-order valence-electron chi connectivity index (χ1n) is 2.28. The normalized spacial score (nSPS) is 10.5. The third-order valence-electron chi connectivity index (χ3n) is 0.537. The van der Waals surface area contributed by atoms with Crippen molar-refractivity contribution in [3.05, 3.63) is 37.0 Å². The van der Waals surface area contributed by atoms with Crippen LogP contribution in [0.2, 0.25) is 0 Å². The Kier molecular flexibility index (Phi) is 6.29. The average Bonchev–Trinajstić information content (AvgIpc) is 1.81. The molecule has 0 unspecified atom stereocenters. The molecule has 0 nitrogen and oxygen atoms in total. The van der Waals surface area contributed by atoms with Crippen LogP contribution in [0.1, 0.15) is 0 Å². The van der Waals surface area contributed by atoms with Crippen LogP contribution in [0, 0.1) is 0 Å². The second-order valence-electron chi connectivity index (χ2n) is 1.12. The van der Waals surface area contributed by atoms with E-state index in [1.807, 2.05) is 24.3 Å². The molecule has 0 amide bonds. The van der Waals surface area contributed by atoms with E-state index in [2.05, 4.69) is 22.2 Å². The molecule has 0 aliphatic rings. The van der Waals surface area contributed by atoms with E-state index in [0.717, 1.165) is 0 Å². The molecule has 43 valence electrons. The molecule has 0 aliphatic heterocycles. The van der Waals surface area contributed by atoms with Crippen LogP contribution in [-0.2, 0) is 15.6 Å². The van der Waals surface area contributed by atoms with Crippen LogP contribution in [-0.4, -0.2) is 4.92 Å². The standard InChI is InChI=1S/C7H8.Fe/c1-3-5-7-6-4-2;/h1,3-7H,2H2;/q;+1/b5-3-,7-6-;. The van der Waals surface area contributed by atoms with Crippen LogP contribution >= 0.6 is 0 Å². The fraction of sp³-hybridized carbons (Fsp3) is 0. The minimum atomic E-state index is 1.73. The van der Waals surface area contributed by atoms with Crippen molar-refractivity contribution in [2.45, 2.75) is 0 Å². The predicted molar refractivity (Wildman–Crippen MR) is 34.5 cm³/mol. The van der Waals surface area contributed by atoms with E-state index < -0.39 is 0 Å². The summed E-state index contributed by atoms with van der Waals surface area (Å²) in [4.78, 5) is 1.73. The van der Waals surface area contributed by atoms with Crippen LogP contribution in [0.3, 0.4) is 0 Å². The number of hydrogen-bond acceptors (Lipinski definition) is 0. The maximum absolute atomic E-state index is 3.51. The van der Waals surface area contributed by atoms with Gasteiger partial charge in [0.25, 0.3) is 0 Å². The molecule has 0 aromatic rings. The van der Waals surface area contributed by atoms with E-state index >= 15 is 0 Å². The van der Waals surface area contributed by atoms with Crippen LogP contribution < -0.4 is 0 Å². The zero-order chi connectivity index (χ0) is 6.24. The third kappa shape index (κ3) is 5.61. The van der Waals surface area contributed by atoms with Gasteiger partial charge in [0.2, 0.25) is 0 Å². The van der Waals surface area contributed by atoms with Crippen LogP contribution in [0.5, 0.6) is 0 Å². The molecule has 0 rings (SSSR count). The molecule has 8 heavy (non-hydrogen) atoms. The molecule has 0 aliphatic carbocycles. The van der Waals surface area contributed by atoms with Gasteiger partial charge in [-0.2, -0.15) is 0 Å². The summed E-state index contributed by atoms with van der Waals surface area (Å²) in [6.07, 6.45) is 9.25. The van der Waals surface area contributed by atoms with Gasteiger partial charge in [-0.15, -0.1) is 0 Å². The zero-order valence-corrected chi connectivity index (χ0v) is 5.63. The first kappa shape index (κ1) is 7.61. The molecule has 0 heterocycles. The molecule has 0 radical (unpaired) electrons. The molecule has 0 saturated heterocycles. The first-order chi connectivity index (χ1) is 3.91. The molecule has 0 N–H and O–H groups in total. The third-order valence-corrected chi connectivity index (χ3v) is 0.750. The Morgan fingerprint density at radius 1 is 1.00 bits per heavy atom. The Hall–Kier alpha value is -0.391. The van der Waals surface area contributed by atoms with Crippen LogP contribution in [0.4, 0.5) is 0 Å². The molecule has 1 heteroatoms. The summed E-state index contributed by atoms with van der Waals surface area (Å²) in [5.74, 6) is 0. The van der Waals surface area contributed by atoms with Gasteiger partial charge in [-0.3, -0.25) is 0 Å². The number of allylic oxidation sites excluding steroid dienone is 5. The van der Waals surface area contributed by atoms with Crippen molar-refractivity contribution in [3.63, 3.8) is 0 Å². The number of rotatable bonds is 3. The molecule has 0 bridgehead atoms. The van der Waals surface area contributed by atoms with Gasteiger partial charge in [-0.25, -0.2) is 0 Å². The Labute approximate surface area is 58.0 Å². The van der Waals surface area contributed by atoms with Gasteiger partial charge in [0.1, 0.15) is 0 Å². The predicted octanol–water partition coefficient (Wildman–Crippen LogP) is 1.63. The van der Waals surface area contributed by atoms with E-state index in [4.69, 9.17) is 0 Å². The summed E-state index contributed by atoms with van der Waals surface area (Å²) in [5.41, 5.74) is 0. The van der Waals surface area contributed by atoms with Crippen molar-refractivity contribution in [1.29, 1.82) is 0 Å². The molecule has 0 aromatic heterocycles. The molecule has 0 fully saturated rings. The Balaban J connectivity index is 3.41. The van der Waals surface area contributed by atoms with Crippen molar-refractivity contribution in [2.24, 2.45) is 0 Å². The fourth-order valence-electron chi connectivity index (χ4n) is 0.246. The molecule has 0 spiro atoms. The van der Waals surface area contributed by atoms with E-state index in [-0.39, 0.29) is 0 Å². The van der Waals surface area contributed by atoms with Crippen molar-refractivity contribution in [3.8, 4) is 0 Å². The summed E-state index contributed by atoms with van der Waals surface area (Å²) in [6.45, 7) is 3.51. The summed E-state index contributed by atoms with van der Waals surface area (Å²) in [6, 6.07) is 0. The Morgan fingerprint density at radius 3 is 2.12 bits per heavy atom. The van der Waals surface area contributed by atoms with E-state index in [9.17, 15) is 0 Å². The second-order valence-corrected chi connectivity index (χ2v) is 1.49. The summed E-state index contributed by atoms with van der Waals surface area (Å²) < 4.78 is 0. The van der Waals surface area contributed by atoms with E-state index in [0.29, 0.717) is 0 Å². The molecule has 0 saturated carbocycles. The van der Waals surface area contributed by atoms with Crippen molar-refractivity contribution >= 4 is 4.92 Å². The van der Waals surface area contributed by atoms with Gasteiger partial charge in [0, 0.05) is 0 Å². The Bertz CT molecular complexity index is 104. The summed E-state index contributed by atoms with van der Waals surface area (Å²) in [7, 11) is 0. The second kappa shape index (κ2) is 6.61. The topological polar surface area (TPSA) is 0 Å². The van der Waals surface area contributed by atoms with Gasteiger partial charge in [0.15, 0.2) is 0 Å². The van der Waals surface area contributed by atoms with E-state index in [1.54, 1.807) is 11.0 Å². The van der Waals surface area contributed by atoms with Crippen LogP contribution in [0.15, 0.2) is 37.0 Å². The van der Waals surface area contributed by atoms with Crippen molar-refractivity contribution in [2.75, 3.05) is 0 Å². The Morgan fingerprint density at radius 2 is 1.62 bits per heavy atom. The summed E-state index contributed by atoms with van der Waals surface area (Å²) >= 11 is 3.51. The molecule has 0 aromatic carbocycles. The van der Waals surface area contributed by atoms with Crippen molar-refractivity contribution < 1.29 is 15.6 Å². The van der Waals surface area contributed by atoms with Gasteiger partial charge >= 0.3 is 57.5 Å². The van der Waals surface area contributed by atoms with Crippen LogP contribution in [0.25, 0.3) is 0 Å². The van der Waals surface area contributed by atoms with Crippen molar-refractivity contribution in [1.82, 2.24) is 0 Å². The van der Waals surface area contributed by atoms with E-state index in [1.165, 1.54) is 0 Å². The van der Waals surface area contributed by atoms with Gasteiger partial charge < -0.3 is 0 Å². The zero-order valence-electron chi connectivity index (χ0n) is 4.52. The summed E-state index contributed by atoms with van der Waals surface area (Å²) in [5, 5.41) is 0. The fourth-order valence-corrected chi connectivity index (χ4v) is 0.369. The monoisotopic (exact) mass is 148 g/mol. The van der Waals surface area contributed by atoms with Gasteiger partial charge in [-0.05, 0) is 0 Å². The number of hydrogen-bond donors (Lipinski definition) is 0. The minimum absolute atomic E-state index is 1.73. The van der Waals surface area contributed by atoms with Gasteiger partial charge in [0.05, 0.1) is 0 Å². The molecular formula is C7H8Fe+. The first-order valence-corrected chi connectivity index (χ1v) is 2.92. The SMILES string of the molecule is C=C/C=C\C=C/[CH]=[Fe+]. The van der Waals surface area contributed by atoms with Gasteiger partial charge in [-0.1, -0.05) is 0 Å². The average molecular weight is 148 g/mol. The molecule has 0 atom stereocenters. The molecular weight excluding hydrogens is 140 g/mol. The maximum atomic E-state index is 3.51.